The van der Waals surface area contributed by atoms with Crippen LogP contribution in [-0.4, -0.2) is 0 Å². The monoisotopic (exact) mass is 334 g/mol. The van der Waals surface area contributed by atoms with E-state index in [1.165, 1.54) is 18.2 Å². The van der Waals surface area contributed by atoms with Crippen LogP contribution in [0.25, 0.3) is 11.0 Å². The van der Waals surface area contributed by atoms with Crippen molar-refractivity contribution in [2.24, 2.45) is 5.73 Å². The summed E-state index contributed by atoms with van der Waals surface area (Å²) in [5, 5.41) is 9.87. The molecule has 1 aliphatic rings. The third kappa shape index (κ3) is 2.17. The molecule has 2 aromatic carbocycles. The number of nitrogens with two attached hydrogens (primary N) is 1. The highest BCUT2D eigenvalue weighted by Crippen LogP contribution is 2.43. The summed E-state index contributed by atoms with van der Waals surface area (Å²) in [6.45, 7) is 0. The lowest BCUT2D eigenvalue weighted by molar-refractivity contribution is 0.405. The number of fused-ring (bicyclic) bond motifs is 3. The molecule has 1 atom stereocenters. The molecule has 0 saturated carbocycles. The fourth-order valence-corrected chi connectivity index (χ4v) is 3.06. The molecule has 0 spiro atoms. The predicted molar refractivity (Wildman–Crippen MR) is 88.2 cm³/mol. The second-order valence-corrected chi connectivity index (χ2v) is 5.58. The first-order valence-electron chi connectivity index (χ1n) is 7.49. The van der Waals surface area contributed by atoms with Gasteiger partial charge in [-0.05, 0) is 18.2 Å². The van der Waals surface area contributed by atoms with Crippen LogP contribution in [0.1, 0.15) is 17.0 Å². The Kier molecular flexibility index (Phi) is 3.29. The van der Waals surface area contributed by atoms with Crippen LogP contribution in [0.5, 0.6) is 5.75 Å². The summed E-state index contributed by atoms with van der Waals surface area (Å²) in [6, 6.07) is 14.6. The van der Waals surface area contributed by atoms with Gasteiger partial charge in [-0.25, -0.2) is 9.18 Å². The molecule has 0 saturated heterocycles. The first-order valence-corrected chi connectivity index (χ1v) is 7.49. The van der Waals surface area contributed by atoms with Crippen molar-refractivity contribution in [3.8, 4) is 11.8 Å². The third-order valence-corrected chi connectivity index (χ3v) is 4.18. The van der Waals surface area contributed by atoms with Gasteiger partial charge in [-0.15, -0.1) is 0 Å². The first kappa shape index (κ1) is 15.0. The molecule has 122 valence electrons. The van der Waals surface area contributed by atoms with Crippen LogP contribution >= 0.6 is 0 Å². The molecule has 0 bridgehead atoms. The maximum absolute atomic E-state index is 14.4. The lowest BCUT2D eigenvalue weighted by Gasteiger charge is -2.26. The minimum Gasteiger partial charge on any atom is -0.443 e. The Morgan fingerprint density at radius 1 is 1.12 bits per heavy atom. The van der Waals surface area contributed by atoms with E-state index < -0.39 is 17.4 Å². The van der Waals surface area contributed by atoms with Crippen LogP contribution in [0.4, 0.5) is 4.39 Å². The van der Waals surface area contributed by atoms with Gasteiger partial charge in [0.15, 0.2) is 5.75 Å². The van der Waals surface area contributed by atoms with Crippen molar-refractivity contribution in [3.63, 3.8) is 0 Å². The topological polar surface area (TPSA) is 89.3 Å². The molecular formula is C19H11FN2O3. The van der Waals surface area contributed by atoms with Crippen LogP contribution in [0.3, 0.4) is 0 Å². The Bertz CT molecular complexity index is 1140. The van der Waals surface area contributed by atoms with Crippen LogP contribution in [0.2, 0.25) is 0 Å². The van der Waals surface area contributed by atoms with Crippen molar-refractivity contribution >= 4 is 11.0 Å². The normalized spacial score (nSPS) is 16.2. The molecule has 1 aromatic heterocycles. The molecule has 0 radical (unpaired) electrons. The number of allylic oxidation sites excluding steroid dienone is 2. The van der Waals surface area contributed by atoms with Crippen molar-refractivity contribution in [2.45, 2.75) is 5.92 Å². The van der Waals surface area contributed by atoms with Gasteiger partial charge in [-0.1, -0.05) is 30.3 Å². The van der Waals surface area contributed by atoms with E-state index in [9.17, 15) is 14.4 Å². The van der Waals surface area contributed by atoms with E-state index in [-0.39, 0.29) is 28.3 Å². The molecule has 1 aliphatic heterocycles. The van der Waals surface area contributed by atoms with Crippen molar-refractivity contribution in [2.75, 3.05) is 0 Å². The second kappa shape index (κ2) is 5.49. The van der Waals surface area contributed by atoms with Crippen molar-refractivity contribution in [1.29, 1.82) is 5.26 Å². The van der Waals surface area contributed by atoms with Crippen molar-refractivity contribution in [3.05, 3.63) is 87.4 Å². The van der Waals surface area contributed by atoms with Gasteiger partial charge < -0.3 is 14.9 Å². The van der Waals surface area contributed by atoms with Crippen molar-refractivity contribution < 1.29 is 13.5 Å². The number of ether oxygens (including phenoxy) is 1. The van der Waals surface area contributed by atoms with Gasteiger partial charge in [-0.3, -0.25) is 0 Å². The Hall–Kier alpha value is -3.59. The number of halogens is 1. The van der Waals surface area contributed by atoms with Gasteiger partial charge in [-0.2, -0.15) is 5.26 Å². The third-order valence-electron chi connectivity index (χ3n) is 4.18. The molecule has 0 amide bonds. The quantitative estimate of drug-likeness (QED) is 0.691. The lowest BCUT2D eigenvalue weighted by atomic mass is 9.86. The van der Waals surface area contributed by atoms with E-state index in [2.05, 4.69) is 0 Å². The van der Waals surface area contributed by atoms with Crippen LogP contribution in [0.15, 0.2) is 69.2 Å². The van der Waals surface area contributed by atoms with E-state index in [0.717, 1.165) is 0 Å². The number of hydrogen-bond acceptors (Lipinski definition) is 5. The molecular weight excluding hydrogens is 323 g/mol. The van der Waals surface area contributed by atoms with Crippen LogP contribution < -0.4 is 16.1 Å². The molecule has 0 fully saturated rings. The summed E-state index contributed by atoms with van der Waals surface area (Å²) in [5.41, 5.74) is 5.92. The highest BCUT2D eigenvalue weighted by atomic mass is 19.1. The predicted octanol–water partition coefficient (Wildman–Crippen LogP) is 3.15. The molecule has 2 heterocycles. The largest absolute Gasteiger partial charge is 0.443 e. The molecule has 5 nitrogen and oxygen atoms in total. The number of nitriles is 1. The molecule has 1 unspecified atom stereocenters. The zero-order valence-electron chi connectivity index (χ0n) is 12.8. The number of rotatable bonds is 1. The zero-order chi connectivity index (χ0) is 17.6. The van der Waals surface area contributed by atoms with E-state index in [4.69, 9.17) is 14.9 Å². The molecule has 6 heteroatoms. The first-order chi connectivity index (χ1) is 12.1. The highest BCUT2D eigenvalue weighted by molar-refractivity contribution is 5.85. The van der Waals surface area contributed by atoms with Crippen LogP contribution in [0, 0.1) is 17.1 Å². The van der Waals surface area contributed by atoms with Crippen LogP contribution in [-0.2, 0) is 0 Å². The maximum atomic E-state index is 14.4. The molecule has 25 heavy (non-hydrogen) atoms. The van der Waals surface area contributed by atoms with E-state index in [1.54, 1.807) is 30.3 Å². The Labute approximate surface area is 141 Å². The number of nitrogens with zero attached hydrogens (tertiary/aromatic N) is 1. The average Bonchev–Trinajstić information content (AvgIpc) is 2.62. The van der Waals surface area contributed by atoms with Gasteiger partial charge in [0.25, 0.3) is 0 Å². The van der Waals surface area contributed by atoms with Gasteiger partial charge >= 0.3 is 5.63 Å². The molecule has 3 aromatic rings. The highest BCUT2D eigenvalue weighted by Gasteiger charge is 2.35. The van der Waals surface area contributed by atoms with Gasteiger partial charge in [0.1, 0.15) is 17.5 Å². The summed E-state index contributed by atoms with van der Waals surface area (Å²) >= 11 is 0. The zero-order valence-corrected chi connectivity index (χ0v) is 12.8. The summed E-state index contributed by atoms with van der Waals surface area (Å²) < 4.78 is 25.3. The summed E-state index contributed by atoms with van der Waals surface area (Å²) in [4.78, 5) is 12.6. The minimum atomic E-state index is -0.958. The van der Waals surface area contributed by atoms with Gasteiger partial charge in [0, 0.05) is 5.56 Å². The van der Waals surface area contributed by atoms with E-state index >= 15 is 0 Å². The average molecular weight is 334 g/mol. The Morgan fingerprint density at radius 2 is 1.84 bits per heavy atom. The summed E-state index contributed by atoms with van der Waals surface area (Å²) in [6.07, 6.45) is 0. The Balaban J connectivity index is 2.12. The standard InChI is InChI=1S/C19H11FN2O3/c20-12-7-3-1-5-10(12)15-16-18(24-14(9-21)17(15)22)11-6-2-4-8-13(11)25-19(16)23/h1-8,15H,22H2. The fraction of sp³-hybridized carbons (Fsp3) is 0.0526. The van der Waals surface area contributed by atoms with Gasteiger partial charge in [0.2, 0.25) is 5.76 Å². The number of hydrogen-bond donors (Lipinski definition) is 1. The van der Waals surface area contributed by atoms with Crippen molar-refractivity contribution in [1.82, 2.24) is 0 Å². The number of para-hydroxylation sites is 1. The fourth-order valence-electron chi connectivity index (χ4n) is 3.06. The van der Waals surface area contributed by atoms with E-state index in [1.807, 2.05) is 6.07 Å². The summed E-state index contributed by atoms with van der Waals surface area (Å²) in [5.74, 6) is -1.48. The minimum absolute atomic E-state index is 0.0253. The number of benzene rings is 2. The molecule has 4 rings (SSSR count). The SMILES string of the molecule is N#CC1=C(N)C(c2ccccc2F)c2c(c3ccccc3oc2=O)O1. The molecule has 0 aliphatic carbocycles. The smallest absolute Gasteiger partial charge is 0.344 e. The van der Waals surface area contributed by atoms with Gasteiger partial charge in [0.05, 0.1) is 22.6 Å². The second-order valence-electron chi connectivity index (χ2n) is 5.58. The molecule has 2 N–H and O–H groups in total. The lowest BCUT2D eigenvalue weighted by Crippen LogP contribution is -2.27. The maximum Gasteiger partial charge on any atom is 0.344 e. The van der Waals surface area contributed by atoms with E-state index in [0.29, 0.717) is 11.0 Å². The summed E-state index contributed by atoms with van der Waals surface area (Å²) in [7, 11) is 0. The Morgan fingerprint density at radius 3 is 2.60 bits per heavy atom.